The first-order chi connectivity index (χ1) is 11.5. The molecule has 8 heteroatoms. The number of rotatable bonds is 7. The Kier molecular flexibility index (Phi) is 5.30. The van der Waals surface area contributed by atoms with Gasteiger partial charge in [0.15, 0.2) is 5.69 Å². The summed E-state index contributed by atoms with van der Waals surface area (Å²) in [5.74, 6) is -0.346. The van der Waals surface area contributed by atoms with E-state index in [1.54, 1.807) is 18.2 Å². The summed E-state index contributed by atoms with van der Waals surface area (Å²) in [4.78, 5) is 23.1. The van der Waals surface area contributed by atoms with Crippen molar-refractivity contribution < 1.29 is 9.72 Å². The van der Waals surface area contributed by atoms with E-state index >= 15 is 0 Å². The molecule has 0 bridgehead atoms. The third kappa shape index (κ3) is 3.43. The first kappa shape index (κ1) is 17.6. The zero-order valence-electron chi connectivity index (χ0n) is 13.7. The van der Waals surface area contributed by atoms with Crippen LogP contribution in [0.5, 0.6) is 0 Å². The van der Waals surface area contributed by atoms with Gasteiger partial charge in [-0.3, -0.25) is 14.9 Å². The van der Waals surface area contributed by atoms with Crippen LogP contribution in [0.25, 0.3) is 5.69 Å². The van der Waals surface area contributed by atoms with Crippen LogP contribution in [0.3, 0.4) is 0 Å². The molecule has 1 aromatic heterocycles. The summed E-state index contributed by atoms with van der Waals surface area (Å²) in [5.41, 5.74) is 5.73. The normalized spacial score (nSPS) is 11.3. The van der Waals surface area contributed by atoms with E-state index in [1.807, 2.05) is 13.8 Å². The minimum atomic E-state index is -0.482. The number of nitro groups is 1. The fraction of sp³-hybridized carbons (Fsp3) is 0.375. The summed E-state index contributed by atoms with van der Waals surface area (Å²) in [6, 6.07) is 7.76. The predicted octanol–water partition coefficient (Wildman–Crippen LogP) is 2.03. The molecule has 0 aliphatic rings. The highest BCUT2D eigenvalue weighted by molar-refractivity contribution is 5.92. The molecule has 1 amide bonds. The van der Waals surface area contributed by atoms with E-state index in [9.17, 15) is 14.9 Å². The second kappa shape index (κ2) is 7.22. The topological polar surface area (TPSA) is 116 Å². The lowest BCUT2D eigenvalue weighted by atomic mass is 9.93. The van der Waals surface area contributed by atoms with Crippen molar-refractivity contribution in [2.75, 3.05) is 6.54 Å². The van der Waals surface area contributed by atoms with Crippen LogP contribution < -0.4 is 11.1 Å². The maximum atomic E-state index is 12.4. The van der Waals surface area contributed by atoms with Crippen LogP contribution in [0.1, 0.15) is 37.2 Å². The van der Waals surface area contributed by atoms with Gasteiger partial charge in [0, 0.05) is 18.8 Å². The van der Waals surface area contributed by atoms with Gasteiger partial charge in [-0.2, -0.15) is 5.10 Å². The molecule has 0 saturated carbocycles. The Morgan fingerprint density at radius 1 is 1.33 bits per heavy atom. The largest absolute Gasteiger partial charge is 0.344 e. The maximum Gasteiger partial charge on any atom is 0.294 e. The molecule has 0 aliphatic carbocycles. The van der Waals surface area contributed by atoms with E-state index in [4.69, 9.17) is 5.73 Å². The number of para-hydroxylation sites is 2. The van der Waals surface area contributed by atoms with E-state index in [0.717, 1.165) is 0 Å². The van der Waals surface area contributed by atoms with Gasteiger partial charge in [0.1, 0.15) is 5.69 Å². The second-order valence-electron chi connectivity index (χ2n) is 5.54. The summed E-state index contributed by atoms with van der Waals surface area (Å²) in [7, 11) is 0. The number of aromatic nitrogens is 2. The molecule has 128 valence electrons. The molecule has 2 aromatic rings. The molecule has 3 N–H and O–H groups in total. The van der Waals surface area contributed by atoms with Crippen LogP contribution in [-0.4, -0.2) is 32.7 Å². The van der Waals surface area contributed by atoms with Gasteiger partial charge in [0.2, 0.25) is 0 Å². The number of hydrogen-bond donors (Lipinski definition) is 2. The lowest BCUT2D eigenvalue weighted by Crippen LogP contribution is -2.53. The first-order valence-electron chi connectivity index (χ1n) is 7.78. The summed E-state index contributed by atoms with van der Waals surface area (Å²) in [6.45, 7) is 4.25. The van der Waals surface area contributed by atoms with Crippen LogP contribution in [0, 0.1) is 10.1 Å². The predicted molar refractivity (Wildman–Crippen MR) is 90.1 cm³/mol. The smallest absolute Gasteiger partial charge is 0.294 e. The SMILES string of the molecule is CCC(CC)(CN)NC(=O)c1ccn(-c2ccccc2[N+](=O)[O-])n1. The Labute approximate surface area is 139 Å². The van der Waals surface area contributed by atoms with E-state index in [-0.39, 0.29) is 17.3 Å². The van der Waals surface area contributed by atoms with Gasteiger partial charge in [0.25, 0.3) is 11.6 Å². The molecule has 0 saturated heterocycles. The second-order valence-corrected chi connectivity index (χ2v) is 5.54. The zero-order valence-corrected chi connectivity index (χ0v) is 13.7. The Morgan fingerprint density at radius 2 is 2.00 bits per heavy atom. The van der Waals surface area contributed by atoms with Gasteiger partial charge in [-0.1, -0.05) is 26.0 Å². The average Bonchev–Trinajstić information content (AvgIpc) is 3.10. The molecule has 0 radical (unpaired) electrons. The number of hydrogen-bond acceptors (Lipinski definition) is 5. The molecule has 24 heavy (non-hydrogen) atoms. The van der Waals surface area contributed by atoms with Gasteiger partial charge in [0.05, 0.1) is 10.5 Å². The first-order valence-corrected chi connectivity index (χ1v) is 7.78. The summed E-state index contributed by atoms with van der Waals surface area (Å²) in [6.07, 6.45) is 2.94. The number of benzene rings is 1. The standard InChI is InChI=1S/C16H21N5O3/c1-3-16(4-2,11-17)18-15(22)12-9-10-20(19-12)13-7-5-6-8-14(13)21(23)24/h5-10H,3-4,11,17H2,1-2H3,(H,18,22). The van der Waals surface area contributed by atoms with Crippen molar-refractivity contribution >= 4 is 11.6 Å². The minimum Gasteiger partial charge on any atom is -0.344 e. The van der Waals surface area contributed by atoms with Crippen molar-refractivity contribution in [2.24, 2.45) is 5.73 Å². The third-order valence-electron chi connectivity index (χ3n) is 4.27. The van der Waals surface area contributed by atoms with Crippen LogP contribution in [0.4, 0.5) is 5.69 Å². The summed E-state index contributed by atoms with van der Waals surface area (Å²) >= 11 is 0. The highest BCUT2D eigenvalue weighted by Crippen LogP contribution is 2.22. The fourth-order valence-corrected chi connectivity index (χ4v) is 2.46. The van der Waals surface area contributed by atoms with E-state index in [2.05, 4.69) is 10.4 Å². The molecule has 1 heterocycles. The Hall–Kier alpha value is -2.74. The minimum absolute atomic E-state index is 0.0778. The monoisotopic (exact) mass is 331 g/mol. The Balaban J connectivity index is 2.28. The van der Waals surface area contributed by atoms with Crippen LogP contribution in [0.15, 0.2) is 36.5 Å². The van der Waals surface area contributed by atoms with Gasteiger partial charge in [-0.25, -0.2) is 4.68 Å². The van der Waals surface area contributed by atoms with E-state index in [0.29, 0.717) is 25.1 Å². The number of nitrogens with one attached hydrogen (secondary N) is 1. The number of carbonyl (C=O) groups is 1. The van der Waals surface area contributed by atoms with Crippen LogP contribution in [0.2, 0.25) is 0 Å². The van der Waals surface area contributed by atoms with Crippen molar-refractivity contribution in [1.29, 1.82) is 0 Å². The van der Waals surface area contributed by atoms with Gasteiger partial charge < -0.3 is 11.1 Å². The van der Waals surface area contributed by atoms with Crippen molar-refractivity contribution in [2.45, 2.75) is 32.2 Å². The number of amides is 1. The quantitative estimate of drug-likeness (QED) is 0.595. The average molecular weight is 331 g/mol. The van der Waals surface area contributed by atoms with Gasteiger partial charge in [-0.05, 0) is 25.0 Å². The van der Waals surface area contributed by atoms with Crippen LogP contribution >= 0.6 is 0 Å². The molecular formula is C16H21N5O3. The Bertz CT molecular complexity index is 729. The zero-order chi connectivity index (χ0) is 17.7. The summed E-state index contributed by atoms with van der Waals surface area (Å²) < 4.78 is 1.33. The number of nitro benzene ring substituents is 1. The van der Waals surface area contributed by atoms with Gasteiger partial charge in [-0.15, -0.1) is 0 Å². The Morgan fingerprint density at radius 3 is 2.58 bits per heavy atom. The number of nitrogens with two attached hydrogens (primary N) is 1. The molecule has 8 nitrogen and oxygen atoms in total. The number of carbonyl (C=O) groups excluding carboxylic acids is 1. The van der Waals surface area contributed by atoms with Crippen molar-refractivity contribution in [1.82, 2.24) is 15.1 Å². The molecule has 0 spiro atoms. The molecule has 0 atom stereocenters. The fourth-order valence-electron chi connectivity index (χ4n) is 2.46. The van der Waals surface area contributed by atoms with Crippen LogP contribution in [-0.2, 0) is 0 Å². The lowest BCUT2D eigenvalue weighted by molar-refractivity contribution is -0.384. The lowest BCUT2D eigenvalue weighted by Gasteiger charge is -2.31. The highest BCUT2D eigenvalue weighted by Gasteiger charge is 2.28. The van der Waals surface area contributed by atoms with Crippen molar-refractivity contribution in [3.05, 3.63) is 52.3 Å². The van der Waals surface area contributed by atoms with E-state index < -0.39 is 10.5 Å². The maximum absolute atomic E-state index is 12.4. The third-order valence-corrected chi connectivity index (χ3v) is 4.27. The van der Waals surface area contributed by atoms with Gasteiger partial charge >= 0.3 is 0 Å². The molecule has 0 fully saturated rings. The van der Waals surface area contributed by atoms with E-state index in [1.165, 1.54) is 23.0 Å². The summed E-state index contributed by atoms with van der Waals surface area (Å²) in [5, 5.41) is 18.2. The molecular weight excluding hydrogens is 310 g/mol. The van der Waals surface area contributed by atoms with Crippen molar-refractivity contribution in [3.8, 4) is 5.69 Å². The molecule has 1 aromatic carbocycles. The molecule has 0 aliphatic heterocycles. The highest BCUT2D eigenvalue weighted by atomic mass is 16.6. The molecule has 0 unspecified atom stereocenters. The van der Waals surface area contributed by atoms with Crippen molar-refractivity contribution in [3.63, 3.8) is 0 Å². The number of nitrogens with zero attached hydrogens (tertiary/aromatic N) is 3. The molecule has 2 rings (SSSR count).